The van der Waals surface area contributed by atoms with Gasteiger partial charge in [0.1, 0.15) is 5.41 Å². The van der Waals surface area contributed by atoms with Crippen LogP contribution in [0.25, 0.3) is 0 Å². The molecule has 0 fully saturated rings. The van der Waals surface area contributed by atoms with E-state index in [-0.39, 0.29) is 12.4 Å². The van der Waals surface area contributed by atoms with Crippen molar-refractivity contribution in [3.05, 3.63) is 70.8 Å². The van der Waals surface area contributed by atoms with Crippen LogP contribution < -0.4 is 17.7 Å². The van der Waals surface area contributed by atoms with Crippen molar-refractivity contribution in [2.45, 2.75) is 31.1 Å². The summed E-state index contributed by atoms with van der Waals surface area (Å²) >= 11 is 0. The average molecular weight is 327 g/mol. The Morgan fingerprint density at radius 2 is 1.52 bits per heavy atom. The lowest BCUT2D eigenvalue weighted by Crippen LogP contribution is -3.00. The minimum atomic E-state index is -0.493. The summed E-state index contributed by atoms with van der Waals surface area (Å²) < 4.78 is 0. The van der Waals surface area contributed by atoms with Crippen LogP contribution in [0.4, 0.5) is 0 Å². The van der Waals surface area contributed by atoms with E-state index >= 15 is 0 Å². The van der Waals surface area contributed by atoms with E-state index in [1.54, 1.807) is 0 Å². The van der Waals surface area contributed by atoms with Gasteiger partial charge in [-0.1, -0.05) is 48.5 Å². The molecule has 120 valence electrons. The van der Waals surface area contributed by atoms with E-state index in [4.69, 9.17) is 0 Å². The Morgan fingerprint density at radius 1 is 1.00 bits per heavy atom. The number of aryl methyl sites for hydroxylation is 2. The molecule has 0 aromatic heterocycles. The maximum absolute atomic E-state index is 10.2. The van der Waals surface area contributed by atoms with Gasteiger partial charge in [0.15, 0.2) is 0 Å². The fourth-order valence-electron chi connectivity index (χ4n) is 3.74. The molecular formula is C20H23ClN2. The number of hydrogen-bond donors (Lipinski definition) is 1. The SMILES string of the molecule is C[NH2+]CCCC1(C#N)c2ccccc2CCc2ccccc21.[Cl-]. The van der Waals surface area contributed by atoms with Crippen molar-refractivity contribution in [2.24, 2.45) is 0 Å². The van der Waals surface area contributed by atoms with Crippen LogP contribution in [-0.2, 0) is 18.3 Å². The predicted molar refractivity (Wildman–Crippen MR) is 88.6 cm³/mol. The summed E-state index contributed by atoms with van der Waals surface area (Å²) in [4.78, 5) is 0. The van der Waals surface area contributed by atoms with Crippen LogP contribution in [0.2, 0.25) is 0 Å². The molecular weight excluding hydrogens is 304 g/mol. The maximum Gasteiger partial charge on any atom is 0.108 e. The molecule has 0 unspecified atom stereocenters. The van der Waals surface area contributed by atoms with Gasteiger partial charge < -0.3 is 17.7 Å². The normalized spacial score (nSPS) is 14.6. The second-order valence-corrected chi connectivity index (χ2v) is 6.13. The molecule has 0 saturated carbocycles. The fourth-order valence-corrected chi connectivity index (χ4v) is 3.74. The van der Waals surface area contributed by atoms with Gasteiger partial charge in [-0.25, -0.2) is 0 Å². The van der Waals surface area contributed by atoms with Crippen molar-refractivity contribution in [3.8, 4) is 6.07 Å². The van der Waals surface area contributed by atoms with Crippen LogP contribution in [0.5, 0.6) is 0 Å². The minimum absolute atomic E-state index is 0. The highest BCUT2D eigenvalue weighted by Gasteiger charge is 2.38. The molecule has 1 aliphatic rings. The van der Waals surface area contributed by atoms with E-state index in [1.165, 1.54) is 22.3 Å². The molecule has 0 aliphatic heterocycles. The number of nitrogens with two attached hydrogens (primary N) is 1. The lowest BCUT2D eigenvalue weighted by molar-refractivity contribution is -0.627. The highest BCUT2D eigenvalue weighted by molar-refractivity contribution is 5.54. The molecule has 2 aromatic carbocycles. The van der Waals surface area contributed by atoms with E-state index in [2.05, 4.69) is 67.0 Å². The molecule has 0 radical (unpaired) electrons. The molecule has 0 heterocycles. The number of halogens is 1. The summed E-state index contributed by atoms with van der Waals surface area (Å²) in [6.07, 6.45) is 3.99. The Balaban J connectivity index is 0.00000192. The van der Waals surface area contributed by atoms with Gasteiger partial charge in [0, 0.05) is 0 Å². The van der Waals surface area contributed by atoms with Crippen LogP contribution in [0.1, 0.15) is 35.1 Å². The summed E-state index contributed by atoms with van der Waals surface area (Å²) in [6, 6.07) is 19.8. The lowest BCUT2D eigenvalue weighted by Gasteiger charge is -2.29. The first-order chi connectivity index (χ1) is 10.8. The standard InChI is InChI=1S/C20H22N2.ClH/c1-22-14-6-13-20(15-21)18-9-4-2-7-16(18)11-12-17-8-3-5-10-19(17)20;/h2-5,7-10,22H,6,11-14H2,1H3;1H. The van der Waals surface area contributed by atoms with E-state index in [1.807, 2.05) is 0 Å². The van der Waals surface area contributed by atoms with Gasteiger partial charge in [0.05, 0.1) is 19.7 Å². The lowest BCUT2D eigenvalue weighted by atomic mass is 9.70. The van der Waals surface area contributed by atoms with Crippen LogP contribution in [0.15, 0.2) is 48.5 Å². The van der Waals surface area contributed by atoms with E-state index in [0.29, 0.717) is 0 Å². The fraction of sp³-hybridized carbons (Fsp3) is 0.350. The van der Waals surface area contributed by atoms with Crippen LogP contribution in [-0.4, -0.2) is 13.6 Å². The third-order valence-electron chi connectivity index (χ3n) is 4.85. The highest BCUT2D eigenvalue weighted by Crippen LogP contribution is 2.42. The molecule has 2 N–H and O–H groups in total. The second kappa shape index (κ2) is 7.64. The van der Waals surface area contributed by atoms with Crippen LogP contribution in [0, 0.1) is 11.3 Å². The van der Waals surface area contributed by atoms with Gasteiger partial charge in [-0.15, -0.1) is 0 Å². The van der Waals surface area contributed by atoms with Crippen molar-refractivity contribution in [1.29, 1.82) is 5.26 Å². The zero-order valence-electron chi connectivity index (χ0n) is 13.6. The molecule has 0 amide bonds. The summed E-state index contributed by atoms with van der Waals surface area (Å²) in [6.45, 7) is 1.06. The third-order valence-corrected chi connectivity index (χ3v) is 4.85. The largest absolute Gasteiger partial charge is 1.00 e. The van der Waals surface area contributed by atoms with Gasteiger partial charge in [0.2, 0.25) is 0 Å². The number of nitrogens with zero attached hydrogens (tertiary/aromatic N) is 1. The molecule has 23 heavy (non-hydrogen) atoms. The van der Waals surface area contributed by atoms with Gasteiger partial charge in [-0.05, 0) is 47.9 Å². The monoisotopic (exact) mass is 326 g/mol. The quantitative estimate of drug-likeness (QED) is 0.761. The first-order valence-electron chi connectivity index (χ1n) is 8.17. The van der Waals surface area contributed by atoms with Crippen molar-refractivity contribution in [1.82, 2.24) is 0 Å². The molecule has 3 heteroatoms. The zero-order valence-corrected chi connectivity index (χ0v) is 14.3. The van der Waals surface area contributed by atoms with Gasteiger partial charge >= 0.3 is 0 Å². The molecule has 0 saturated heterocycles. The molecule has 0 spiro atoms. The van der Waals surface area contributed by atoms with E-state index < -0.39 is 5.41 Å². The molecule has 2 aromatic rings. The van der Waals surface area contributed by atoms with Crippen LogP contribution >= 0.6 is 0 Å². The minimum Gasteiger partial charge on any atom is -1.00 e. The Labute approximate surface area is 144 Å². The Morgan fingerprint density at radius 3 is 2.00 bits per heavy atom. The topological polar surface area (TPSA) is 40.4 Å². The van der Waals surface area contributed by atoms with Crippen molar-refractivity contribution in [3.63, 3.8) is 0 Å². The van der Waals surface area contributed by atoms with E-state index in [0.717, 1.165) is 32.2 Å². The first kappa shape index (κ1) is 17.5. The number of fused-ring (bicyclic) bond motifs is 2. The highest BCUT2D eigenvalue weighted by atomic mass is 35.5. The van der Waals surface area contributed by atoms with Crippen LogP contribution in [0.3, 0.4) is 0 Å². The molecule has 1 aliphatic carbocycles. The summed E-state index contributed by atoms with van der Waals surface area (Å²) in [5.41, 5.74) is 4.62. The molecule has 0 bridgehead atoms. The van der Waals surface area contributed by atoms with Crippen molar-refractivity contribution >= 4 is 0 Å². The van der Waals surface area contributed by atoms with Crippen molar-refractivity contribution in [2.75, 3.05) is 13.6 Å². The van der Waals surface area contributed by atoms with Gasteiger partial charge in [-0.2, -0.15) is 5.26 Å². The Hall–Kier alpha value is -1.82. The zero-order chi connectivity index (χ0) is 15.4. The maximum atomic E-state index is 10.2. The Bertz CT molecular complexity index is 655. The van der Waals surface area contributed by atoms with Gasteiger partial charge in [-0.3, -0.25) is 0 Å². The van der Waals surface area contributed by atoms with Crippen molar-refractivity contribution < 1.29 is 17.7 Å². The smallest absolute Gasteiger partial charge is 0.108 e. The summed E-state index contributed by atoms with van der Waals surface area (Å²) in [5, 5.41) is 12.4. The number of nitriles is 1. The third kappa shape index (κ3) is 3.13. The number of hydrogen-bond acceptors (Lipinski definition) is 1. The first-order valence-corrected chi connectivity index (χ1v) is 8.17. The van der Waals surface area contributed by atoms with Gasteiger partial charge in [0.25, 0.3) is 0 Å². The molecule has 3 rings (SSSR count). The van der Waals surface area contributed by atoms with E-state index in [9.17, 15) is 5.26 Å². The number of rotatable bonds is 4. The molecule has 0 atom stereocenters. The predicted octanol–water partition coefficient (Wildman–Crippen LogP) is -0.428. The summed E-state index contributed by atoms with van der Waals surface area (Å²) in [7, 11) is 2.09. The second-order valence-electron chi connectivity index (χ2n) is 6.13. The summed E-state index contributed by atoms with van der Waals surface area (Å²) in [5.74, 6) is 0. The Kier molecular flexibility index (Phi) is 5.82. The average Bonchev–Trinajstić information content (AvgIpc) is 2.71. The molecule has 2 nitrogen and oxygen atoms in total. The number of benzene rings is 2. The number of quaternary nitrogens is 1.